The van der Waals surface area contributed by atoms with Crippen molar-refractivity contribution in [2.45, 2.75) is 20.3 Å². The van der Waals surface area contributed by atoms with E-state index >= 15 is 0 Å². The van der Waals surface area contributed by atoms with E-state index < -0.39 is 0 Å². The van der Waals surface area contributed by atoms with Crippen molar-refractivity contribution in [1.29, 1.82) is 0 Å². The van der Waals surface area contributed by atoms with Crippen LogP contribution in [-0.2, 0) is 6.42 Å². The van der Waals surface area contributed by atoms with Gasteiger partial charge in [-0.25, -0.2) is 9.67 Å². The number of hydrogen-bond acceptors (Lipinski definition) is 3. The summed E-state index contributed by atoms with van der Waals surface area (Å²) in [5.74, 6) is 1.68. The first kappa shape index (κ1) is 12.5. The van der Waals surface area contributed by atoms with Crippen LogP contribution in [0.1, 0.15) is 22.9 Å². The zero-order chi connectivity index (χ0) is 13.9. The van der Waals surface area contributed by atoms with Crippen molar-refractivity contribution in [3.05, 3.63) is 71.6 Å². The Bertz CT molecular complexity index is 716. The van der Waals surface area contributed by atoms with Gasteiger partial charge in [0.05, 0.1) is 12.1 Å². The molecule has 1 aromatic carbocycles. The van der Waals surface area contributed by atoms with E-state index in [4.69, 9.17) is 0 Å². The van der Waals surface area contributed by atoms with Crippen molar-refractivity contribution in [2.75, 3.05) is 0 Å². The summed E-state index contributed by atoms with van der Waals surface area (Å²) in [5, 5.41) is 4.50. The van der Waals surface area contributed by atoms with E-state index in [1.165, 1.54) is 5.56 Å². The second kappa shape index (κ2) is 5.25. The van der Waals surface area contributed by atoms with Gasteiger partial charge in [-0.1, -0.05) is 18.2 Å². The lowest BCUT2D eigenvalue weighted by Crippen LogP contribution is -2.05. The van der Waals surface area contributed by atoms with Gasteiger partial charge in [-0.15, -0.1) is 0 Å². The average Bonchev–Trinajstić information content (AvgIpc) is 2.81. The summed E-state index contributed by atoms with van der Waals surface area (Å²) in [4.78, 5) is 8.88. The van der Waals surface area contributed by atoms with Gasteiger partial charge in [0.15, 0.2) is 0 Å². The van der Waals surface area contributed by atoms with Gasteiger partial charge in [-0.05, 0) is 43.7 Å². The number of aryl methyl sites for hydroxylation is 2. The summed E-state index contributed by atoms with van der Waals surface area (Å²) < 4.78 is 1.90. The van der Waals surface area contributed by atoms with E-state index in [9.17, 15) is 0 Å². The molecule has 0 radical (unpaired) electrons. The first-order valence-electron chi connectivity index (χ1n) is 6.62. The average molecular weight is 264 g/mol. The molecular weight excluding hydrogens is 248 g/mol. The monoisotopic (exact) mass is 264 g/mol. The maximum atomic E-state index is 4.52. The molecule has 0 N–H and O–H groups in total. The molecule has 0 aliphatic rings. The minimum absolute atomic E-state index is 0.676. The molecule has 2 heterocycles. The Labute approximate surface area is 118 Å². The zero-order valence-electron chi connectivity index (χ0n) is 11.6. The minimum Gasteiger partial charge on any atom is -0.261 e. The van der Waals surface area contributed by atoms with Crippen molar-refractivity contribution in [2.24, 2.45) is 0 Å². The molecule has 0 saturated heterocycles. The maximum absolute atomic E-state index is 4.52. The lowest BCUT2D eigenvalue weighted by atomic mass is 10.2. The summed E-state index contributed by atoms with van der Waals surface area (Å²) in [6.07, 6.45) is 2.48. The van der Waals surface area contributed by atoms with Crippen molar-refractivity contribution in [1.82, 2.24) is 19.7 Å². The van der Waals surface area contributed by atoms with Crippen LogP contribution < -0.4 is 0 Å². The van der Waals surface area contributed by atoms with Crippen LogP contribution in [-0.4, -0.2) is 19.7 Å². The van der Waals surface area contributed by atoms with E-state index in [1.54, 1.807) is 6.20 Å². The second-order valence-corrected chi connectivity index (χ2v) is 4.82. The van der Waals surface area contributed by atoms with Crippen LogP contribution in [0.25, 0.3) is 5.69 Å². The molecule has 0 aliphatic heterocycles. The lowest BCUT2D eigenvalue weighted by molar-refractivity contribution is 0.799. The van der Waals surface area contributed by atoms with Gasteiger partial charge in [-0.3, -0.25) is 4.98 Å². The van der Waals surface area contributed by atoms with Crippen LogP contribution in [0.5, 0.6) is 0 Å². The molecule has 0 unspecified atom stereocenters. The Morgan fingerprint density at radius 3 is 2.70 bits per heavy atom. The Morgan fingerprint density at radius 2 is 1.95 bits per heavy atom. The summed E-state index contributed by atoms with van der Waals surface area (Å²) in [6.45, 7) is 3.99. The Kier molecular flexibility index (Phi) is 3.29. The Balaban J connectivity index is 2.00. The van der Waals surface area contributed by atoms with E-state index in [1.807, 2.05) is 41.9 Å². The first-order chi connectivity index (χ1) is 9.72. The molecule has 0 fully saturated rings. The molecule has 3 aromatic rings. The van der Waals surface area contributed by atoms with Gasteiger partial charge in [0.25, 0.3) is 0 Å². The van der Waals surface area contributed by atoms with E-state index in [2.05, 4.69) is 34.1 Å². The molecule has 0 atom stereocenters. The molecule has 20 heavy (non-hydrogen) atoms. The zero-order valence-corrected chi connectivity index (χ0v) is 11.6. The van der Waals surface area contributed by atoms with E-state index in [0.29, 0.717) is 6.42 Å². The smallest absolute Gasteiger partial charge is 0.148 e. The SMILES string of the molecule is Cc1cccc(-n2nc(C)nc2Cc2ccccn2)c1. The lowest BCUT2D eigenvalue weighted by Gasteiger charge is -2.06. The predicted molar refractivity (Wildman–Crippen MR) is 77.9 cm³/mol. The summed E-state index contributed by atoms with van der Waals surface area (Å²) in [6, 6.07) is 14.2. The van der Waals surface area contributed by atoms with Crippen molar-refractivity contribution in [3.8, 4) is 5.69 Å². The normalized spacial score (nSPS) is 10.7. The highest BCUT2D eigenvalue weighted by atomic mass is 15.3. The Hall–Kier alpha value is -2.49. The molecular formula is C16H16N4. The van der Waals surface area contributed by atoms with E-state index in [-0.39, 0.29) is 0 Å². The molecule has 2 aromatic heterocycles. The van der Waals surface area contributed by atoms with Gasteiger partial charge in [0, 0.05) is 11.9 Å². The highest BCUT2D eigenvalue weighted by Gasteiger charge is 2.10. The van der Waals surface area contributed by atoms with Gasteiger partial charge in [-0.2, -0.15) is 5.10 Å². The molecule has 4 nitrogen and oxygen atoms in total. The summed E-state index contributed by atoms with van der Waals surface area (Å²) >= 11 is 0. The standard InChI is InChI=1S/C16H16N4/c1-12-6-5-8-15(10-12)20-16(18-13(2)19-20)11-14-7-3-4-9-17-14/h3-10H,11H2,1-2H3. The minimum atomic E-state index is 0.676. The quantitative estimate of drug-likeness (QED) is 0.730. The van der Waals surface area contributed by atoms with Crippen LogP contribution >= 0.6 is 0 Å². The second-order valence-electron chi connectivity index (χ2n) is 4.82. The molecule has 100 valence electrons. The maximum Gasteiger partial charge on any atom is 0.148 e. The fourth-order valence-electron chi connectivity index (χ4n) is 2.20. The topological polar surface area (TPSA) is 43.6 Å². The first-order valence-corrected chi connectivity index (χ1v) is 6.62. The molecule has 0 spiro atoms. The molecule has 3 rings (SSSR count). The van der Waals surface area contributed by atoms with Gasteiger partial charge in [0.1, 0.15) is 11.6 Å². The highest BCUT2D eigenvalue weighted by Crippen LogP contribution is 2.14. The predicted octanol–water partition coefficient (Wildman–Crippen LogP) is 2.87. The van der Waals surface area contributed by atoms with Crippen molar-refractivity contribution < 1.29 is 0 Å². The number of hydrogen-bond donors (Lipinski definition) is 0. The third-order valence-electron chi connectivity index (χ3n) is 3.09. The van der Waals surface area contributed by atoms with Crippen LogP contribution in [0.4, 0.5) is 0 Å². The van der Waals surface area contributed by atoms with Crippen LogP contribution in [0.2, 0.25) is 0 Å². The van der Waals surface area contributed by atoms with Crippen molar-refractivity contribution >= 4 is 0 Å². The number of aromatic nitrogens is 4. The third kappa shape index (κ3) is 2.59. The summed E-state index contributed by atoms with van der Waals surface area (Å²) in [5.41, 5.74) is 3.24. The van der Waals surface area contributed by atoms with E-state index in [0.717, 1.165) is 23.0 Å². The molecule has 4 heteroatoms. The number of benzene rings is 1. The van der Waals surface area contributed by atoms with Crippen LogP contribution in [0.15, 0.2) is 48.7 Å². The third-order valence-corrected chi connectivity index (χ3v) is 3.09. The molecule has 0 saturated carbocycles. The molecule has 0 aliphatic carbocycles. The molecule has 0 bridgehead atoms. The number of nitrogens with zero attached hydrogens (tertiary/aromatic N) is 4. The fourth-order valence-corrected chi connectivity index (χ4v) is 2.20. The van der Waals surface area contributed by atoms with Gasteiger partial charge >= 0.3 is 0 Å². The largest absolute Gasteiger partial charge is 0.261 e. The van der Waals surface area contributed by atoms with Gasteiger partial charge < -0.3 is 0 Å². The summed E-state index contributed by atoms with van der Waals surface area (Å²) in [7, 11) is 0. The number of rotatable bonds is 3. The fraction of sp³-hybridized carbons (Fsp3) is 0.188. The Morgan fingerprint density at radius 1 is 1.05 bits per heavy atom. The van der Waals surface area contributed by atoms with Crippen LogP contribution in [0.3, 0.4) is 0 Å². The highest BCUT2D eigenvalue weighted by molar-refractivity contribution is 5.35. The van der Waals surface area contributed by atoms with Gasteiger partial charge in [0.2, 0.25) is 0 Å². The van der Waals surface area contributed by atoms with Crippen LogP contribution in [0, 0.1) is 13.8 Å². The molecule has 0 amide bonds. The number of pyridine rings is 1. The van der Waals surface area contributed by atoms with Crippen molar-refractivity contribution in [3.63, 3.8) is 0 Å².